The third kappa shape index (κ3) is 2.30. The highest BCUT2D eigenvalue weighted by atomic mass is 16.5. The molecule has 0 bridgehead atoms. The maximum atomic E-state index is 11.2. The van der Waals surface area contributed by atoms with Gasteiger partial charge < -0.3 is 9.84 Å². The molecule has 1 N–H and O–H groups in total. The Bertz CT molecular complexity index is 338. The molecule has 5 heteroatoms. The van der Waals surface area contributed by atoms with Crippen molar-refractivity contribution in [2.24, 2.45) is 0 Å². The molecule has 0 saturated carbocycles. The van der Waals surface area contributed by atoms with E-state index in [1.807, 2.05) is 0 Å². The average Bonchev–Trinajstić information content (AvgIpc) is 2.28. The average molecular weight is 210 g/mol. The summed E-state index contributed by atoms with van der Waals surface area (Å²) in [6.45, 7) is 3.37. The molecule has 15 heavy (non-hydrogen) atoms. The minimum Gasteiger partial charge on any atom is -0.467 e. The van der Waals surface area contributed by atoms with Crippen molar-refractivity contribution in [3.63, 3.8) is 0 Å². The fourth-order valence-corrected chi connectivity index (χ4v) is 1.16. The lowest BCUT2D eigenvalue weighted by Crippen LogP contribution is -2.41. The first-order valence-corrected chi connectivity index (χ1v) is 4.53. The van der Waals surface area contributed by atoms with Crippen molar-refractivity contribution in [1.82, 2.24) is 9.97 Å². The normalized spacial score (nSPS) is 13.3. The molecule has 0 aliphatic carbocycles. The second-order valence-corrected chi connectivity index (χ2v) is 3.72. The van der Waals surface area contributed by atoms with E-state index in [1.165, 1.54) is 7.11 Å². The molecule has 0 spiro atoms. The van der Waals surface area contributed by atoms with Crippen LogP contribution < -0.4 is 0 Å². The van der Waals surface area contributed by atoms with E-state index in [1.54, 1.807) is 32.3 Å². The lowest BCUT2D eigenvalue weighted by atomic mass is 9.85. The zero-order valence-corrected chi connectivity index (χ0v) is 8.97. The molecule has 1 unspecified atom stereocenters. The number of rotatable bonds is 3. The number of aromatic nitrogens is 2. The Morgan fingerprint density at radius 2 is 2.00 bits per heavy atom. The van der Waals surface area contributed by atoms with Crippen LogP contribution in [0.1, 0.15) is 19.7 Å². The van der Waals surface area contributed by atoms with Crippen molar-refractivity contribution < 1.29 is 14.6 Å². The van der Waals surface area contributed by atoms with E-state index < -0.39 is 17.5 Å². The van der Waals surface area contributed by atoms with Gasteiger partial charge in [-0.3, -0.25) is 0 Å². The van der Waals surface area contributed by atoms with Crippen molar-refractivity contribution in [3.8, 4) is 0 Å². The molecular formula is C10H14N2O3. The largest absolute Gasteiger partial charge is 0.467 e. The summed E-state index contributed by atoms with van der Waals surface area (Å²) in [6, 6.07) is 1.67. The summed E-state index contributed by atoms with van der Waals surface area (Å²) in [6.07, 6.45) is 1.85. The van der Waals surface area contributed by atoms with Gasteiger partial charge in [0.05, 0.1) is 12.5 Å². The summed E-state index contributed by atoms with van der Waals surface area (Å²) in [7, 11) is 1.23. The number of aliphatic hydroxyl groups excluding tert-OH is 1. The van der Waals surface area contributed by atoms with E-state index in [0.29, 0.717) is 5.82 Å². The van der Waals surface area contributed by atoms with Gasteiger partial charge in [-0.15, -0.1) is 0 Å². The molecule has 1 atom stereocenters. The molecule has 0 amide bonds. The van der Waals surface area contributed by atoms with Crippen LogP contribution in [0.5, 0.6) is 0 Å². The number of aliphatic hydroxyl groups is 1. The van der Waals surface area contributed by atoms with Crippen molar-refractivity contribution in [2.45, 2.75) is 25.4 Å². The van der Waals surface area contributed by atoms with Gasteiger partial charge in [-0.05, 0) is 19.9 Å². The summed E-state index contributed by atoms with van der Waals surface area (Å²) in [5, 5.41) is 9.74. The van der Waals surface area contributed by atoms with Gasteiger partial charge >= 0.3 is 5.97 Å². The minimum atomic E-state index is -1.27. The molecule has 0 aromatic carbocycles. The minimum absolute atomic E-state index is 0.405. The fourth-order valence-electron chi connectivity index (χ4n) is 1.16. The number of methoxy groups -OCH3 is 1. The van der Waals surface area contributed by atoms with Crippen LogP contribution in [-0.2, 0) is 14.9 Å². The molecule has 0 aliphatic heterocycles. The standard InChI is InChI=1S/C10H14N2O3/c1-10(2,7(13)8(14)15-3)9-11-5-4-6-12-9/h4-7,13H,1-3H3. The van der Waals surface area contributed by atoms with E-state index in [9.17, 15) is 9.90 Å². The summed E-state index contributed by atoms with van der Waals surface area (Å²) in [5.74, 6) is -0.282. The lowest BCUT2D eigenvalue weighted by Gasteiger charge is -2.26. The Kier molecular flexibility index (Phi) is 3.36. The number of carbonyl (C=O) groups is 1. The van der Waals surface area contributed by atoms with E-state index in [2.05, 4.69) is 14.7 Å². The van der Waals surface area contributed by atoms with Gasteiger partial charge in [0.15, 0.2) is 6.10 Å². The Labute approximate surface area is 88.1 Å². The van der Waals surface area contributed by atoms with Crippen LogP contribution >= 0.6 is 0 Å². The zero-order valence-electron chi connectivity index (χ0n) is 8.97. The molecule has 82 valence electrons. The van der Waals surface area contributed by atoms with Crippen LogP contribution in [-0.4, -0.2) is 34.3 Å². The monoisotopic (exact) mass is 210 g/mol. The van der Waals surface area contributed by atoms with Crippen molar-refractivity contribution in [3.05, 3.63) is 24.3 Å². The zero-order chi connectivity index (χ0) is 11.5. The van der Waals surface area contributed by atoms with E-state index in [0.717, 1.165) is 0 Å². The SMILES string of the molecule is COC(=O)C(O)C(C)(C)c1ncccn1. The van der Waals surface area contributed by atoms with Gasteiger partial charge in [-0.1, -0.05) is 0 Å². The van der Waals surface area contributed by atoms with Gasteiger partial charge in [0.25, 0.3) is 0 Å². The van der Waals surface area contributed by atoms with E-state index >= 15 is 0 Å². The number of hydrogen-bond acceptors (Lipinski definition) is 5. The van der Waals surface area contributed by atoms with Gasteiger partial charge in [-0.2, -0.15) is 0 Å². The number of hydrogen-bond donors (Lipinski definition) is 1. The van der Waals surface area contributed by atoms with Crippen molar-refractivity contribution in [1.29, 1.82) is 0 Å². The van der Waals surface area contributed by atoms with Gasteiger partial charge in [0, 0.05) is 12.4 Å². The first-order chi connectivity index (χ1) is 7.00. The van der Waals surface area contributed by atoms with Gasteiger partial charge in [0.1, 0.15) is 5.82 Å². The first-order valence-electron chi connectivity index (χ1n) is 4.53. The van der Waals surface area contributed by atoms with Crippen LogP contribution in [0.3, 0.4) is 0 Å². The third-order valence-corrected chi connectivity index (χ3v) is 2.25. The molecule has 0 fully saturated rings. The Balaban J connectivity index is 2.97. The molecule has 1 heterocycles. The van der Waals surface area contributed by atoms with Crippen LogP contribution in [0.2, 0.25) is 0 Å². The molecule has 1 aromatic heterocycles. The Hall–Kier alpha value is -1.49. The molecule has 1 aromatic rings. The molecule has 0 aliphatic rings. The van der Waals surface area contributed by atoms with Crippen LogP contribution in [0, 0.1) is 0 Å². The number of esters is 1. The summed E-state index contributed by atoms with van der Waals surface area (Å²) in [5.41, 5.74) is -0.867. The second-order valence-electron chi connectivity index (χ2n) is 3.72. The first kappa shape index (κ1) is 11.6. The van der Waals surface area contributed by atoms with E-state index in [-0.39, 0.29) is 0 Å². The number of carbonyl (C=O) groups excluding carboxylic acids is 1. The third-order valence-electron chi connectivity index (χ3n) is 2.25. The van der Waals surface area contributed by atoms with Crippen LogP contribution in [0.4, 0.5) is 0 Å². The lowest BCUT2D eigenvalue weighted by molar-refractivity contribution is -0.154. The van der Waals surface area contributed by atoms with Crippen molar-refractivity contribution in [2.75, 3.05) is 7.11 Å². The molecular weight excluding hydrogens is 196 g/mol. The van der Waals surface area contributed by atoms with Crippen molar-refractivity contribution >= 4 is 5.97 Å². The molecule has 0 saturated heterocycles. The highest BCUT2D eigenvalue weighted by Gasteiger charge is 2.38. The predicted molar refractivity (Wildman–Crippen MR) is 53.1 cm³/mol. The molecule has 0 radical (unpaired) electrons. The van der Waals surface area contributed by atoms with E-state index in [4.69, 9.17) is 0 Å². The maximum Gasteiger partial charge on any atom is 0.335 e. The molecule has 5 nitrogen and oxygen atoms in total. The summed E-state index contributed by atoms with van der Waals surface area (Å²) >= 11 is 0. The predicted octanol–water partition coefficient (Wildman–Crippen LogP) is 0.288. The second kappa shape index (κ2) is 4.35. The Morgan fingerprint density at radius 3 is 2.47 bits per heavy atom. The quantitative estimate of drug-likeness (QED) is 0.726. The fraction of sp³-hybridized carbons (Fsp3) is 0.500. The summed E-state index contributed by atoms with van der Waals surface area (Å²) < 4.78 is 4.48. The highest BCUT2D eigenvalue weighted by Crippen LogP contribution is 2.24. The smallest absolute Gasteiger partial charge is 0.335 e. The van der Waals surface area contributed by atoms with Crippen LogP contribution in [0.25, 0.3) is 0 Å². The summed E-state index contributed by atoms with van der Waals surface area (Å²) in [4.78, 5) is 19.2. The molecule has 1 rings (SSSR count). The number of ether oxygens (including phenoxy) is 1. The Morgan fingerprint density at radius 1 is 1.47 bits per heavy atom. The number of nitrogens with zero attached hydrogens (tertiary/aromatic N) is 2. The van der Waals surface area contributed by atoms with Gasteiger partial charge in [0.2, 0.25) is 0 Å². The van der Waals surface area contributed by atoms with Gasteiger partial charge in [-0.25, -0.2) is 14.8 Å². The highest BCUT2D eigenvalue weighted by molar-refractivity contribution is 5.76. The maximum absolute atomic E-state index is 11.2. The van der Waals surface area contributed by atoms with Crippen LogP contribution in [0.15, 0.2) is 18.5 Å². The topological polar surface area (TPSA) is 72.3 Å².